The fourth-order valence-electron chi connectivity index (χ4n) is 1.74. The van der Waals surface area contributed by atoms with Gasteiger partial charge in [-0.1, -0.05) is 6.92 Å². The van der Waals surface area contributed by atoms with Crippen LogP contribution in [0.2, 0.25) is 0 Å². The van der Waals surface area contributed by atoms with E-state index in [4.69, 9.17) is 5.11 Å². The molecule has 3 N–H and O–H groups in total. The molecule has 0 radical (unpaired) electrons. The van der Waals surface area contributed by atoms with Crippen molar-refractivity contribution in [1.82, 2.24) is 5.32 Å². The summed E-state index contributed by atoms with van der Waals surface area (Å²) < 4.78 is 23.1. The zero-order chi connectivity index (χ0) is 17.5. The lowest BCUT2D eigenvalue weighted by atomic mass is 10.2. The number of carbonyl (C=O) groups is 3. The molecule has 0 fully saturated rings. The highest BCUT2D eigenvalue weighted by atomic mass is 32.2. The van der Waals surface area contributed by atoms with Crippen LogP contribution in [0.15, 0.2) is 24.3 Å². The van der Waals surface area contributed by atoms with E-state index in [-0.39, 0.29) is 11.3 Å². The molecule has 0 aliphatic rings. The van der Waals surface area contributed by atoms with Crippen molar-refractivity contribution in [3.63, 3.8) is 0 Å². The average molecular weight is 342 g/mol. The summed E-state index contributed by atoms with van der Waals surface area (Å²) in [4.78, 5) is 33.6. The fourth-order valence-corrected chi connectivity index (χ4v) is 2.98. The molecule has 9 heteroatoms. The first-order valence-corrected chi connectivity index (χ1v) is 8.66. The molecule has 0 saturated carbocycles. The van der Waals surface area contributed by atoms with Crippen LogP contribution in [0.3, 0.4) is 0 Å². The second-order valence-electron chi connectivity index (χ2n) is 4.79. The average Bonchev–Trinajstić information content (AvgIpc) is 2.44. The molecule has 0 unspecified atom stereocenters. The monoisotopic (exact) mass is 342 g/mol. The normalized spacial score (nSPS) is 10.8. The lowest BCUT2D eigenvalue weighted by Gasteiger charge is -2.07. The van der Waals surface area contributed by atoms with Gasteiger partial charge in [-0.15, -0.1) is 0 Å². The fraction of sp³-hybridized carbons (Fsp3) is 0.357. The topological polar surface area (TPSA) is 130 Å². The molecule has 1 rings (SSSR count). The van der Waals surface area contributed by atoms with Crippen LogP contribution in [-0.2, 0) is 19.4 Å². The van der Waals surface area contributed by atoms with Crippen molar-refractivity contribution in [3.8, 4) is 0 Å². The summed E-state index contributed by atoms with van der Waals surface area (Å²) in [5.41, 5.74) is 0.569. The third kappa shape index (κ3) is 6.92. The summed E-state index contributed by atoms with van der Waals surface area (Å²) in [5, 5.41) is 13.1. The van der Waals surface area contributed by atoms with Crippen LogP contribution in [0, 0.1) is 0 Å². The van der Waals surface area contributed by atoms with Crippen LogP contribution < -0.4 is 10.6 Å². The van der Waals surface area contributed by atoms with E-state index in [1.807, 2.05) is 0 Å². The SMILES string of the molecule is CCCS(=O)(=O)CC(=O)Nc1ccc(C(=O)NCC(=O)O)cc1. The molecule has 0 aromatic heterocycles. The molecular formula is C14H18N2O6S. The van der Waals surface area contributed by atoms with Crippen molar-refractivity contribution in [2.45, 2.75) is 13.3 Å². The predicted octanol–water partition coefficient (Wildman–Crippen LogP) is 0.264. The summed E-state index contributed by atoms with van der Waals surface area (Å²) in [6.45, 7) is 1.22. The van der Waals surface area contributed by atoms with Crippen LogP contribution in [-0.4, -0.2) is 49.4 Å². The van der Waals surface area contributed by atoms with Crippen LogP contribution in [0.1, 0.15) is 23.7 Å². The summed E-state index contributed by atoms with van der Waals surface area (Å²) in [7, 11) is -3.42. The third-order valence-electron chi connectivity index (χ3n) is 2.70. The van der Waals surface area contributed by atoms with Gasteiger partial charge in [-0.2, -0.15) is 0 Å². The van der Waals surface area contributed by atoms with Crippen LogP contribution in [0.5, 0.6) is 0 Å². The van der Waals surface area contributed by atoms with E-state index < -0.39 is 39.9 Å². The number of aliphatic carboxylic acids is 1. The Hall–Kier alpha value is -2.42. The summed E-state index contributed by atoms with van der Waals surface area (Å²) in [6, 6.07) is 5.65. The van der Waals surface area contributed by atoms with E-state index in [1.165, 1.54) is 24.3 Å². The maximum atomic E-state index is 11.7. The molecule has 126 valence electrons. The number of hydrogen-bond donors (Lipinski definition) is 3. The van der Waals surface area contributed by atoms with Gasteiger partial charge in [-0.3, -0.25) is 14.4 Å². The van der Waals surface area contributed by atoms with Crippen LogP contribution in [0.25, 0.3) is 0 Å². The van der Waals surface area contributed by atoms with Crippen molar-refractivity contribution in [2.24, 2.45) is 0 Å². The van der Waals surface area contributed by atoms with Gasteiger partial charge in [0.15, 0.2) is 9.84 Å². The number of sulfone groups is 1. The Labute approximate surface area is 133 Å². The minimum Gasteiger partial charge on any atom is -0.480 e. The molecular weight excluding hydrogens is 324 g/mol. The smallest absolute Gasteiger partial charge is 0.322 e. The number of carboxylic acid groups (broad SMARTS) is 1. The number of rotatable bonds is 8. The van der Waals surface area contributed by atoms with Gasteiger partial charge in [0.2, 0.25) is 5.91 Å². The van der Waals surface area contributed by atoms with E-state index in [9.17, 15) is 22.8 Å². The van der Waals surface area contributed by atoms with Gasteiger partial charge in [0.05, 0.1) is 5.75 Å². The Morgan fingerprint density at radius 2 is 1.74 bits per heavy atom. The Bertz CT molecular complexity index is 682. The van der Waals surface area contributed by atoms with Gasteiger partial charge < -0.3 is 15.7 Å². The van der Waals surface area contributed by atoms with Crippen molar-refractivity contribution in [3.05, 3.63) is 29.8 Å². The second kappa shape index (κ2) is 8.28. The van der Waals surface area contributed by atoms with E-state index >= 15 is 0 Å². The zero-order valence-electron chi connectivity index (χ0n) is 12.5. The van der Waals surface area contributed by atoms with Gasteiger partial charge in [0.25, 0.3) is 5.91 Å². The number of carboxylic acids is 1. The van der Waals surface area contributed by atoms with E-state index in [1.54, 1.807) is 6.92 Å². The molecule has 0 spiro atoms. The molecule has 0 atom stereocenters. The maximum absolute atomic E-state index is 11.7. The van der Waals surface area contributed by atoms with Gasteiger partial charge in [0, 0.05) is 11.3 Å². The minimum absolute atomic E-state index is 0.0525. The van der Waals surface area contributed by atoms with Gasteiger partial charge in [0.1, 0.15) is 12.3 Å². The minimum atomic E-state index is -3.42. The van der Waals surface area contributed by atoms with E-state index in [0.717, 1.165) is 0 Å². The molecule has 0 aliphatic carbocycles. The predicted molar refractivity (Wildman–Crippen MR) is 84.0 cm³/mol. The summed E-state index contributed by atoms with van der Waals surface area (Å²) in [6.07, 6.45) is 0.440. The summed E-state index contributed by atoms with van der Waals surface area (Å²) in [5.74, 6) is -3.02. The van der Waals surface area contributed by atoms with Crippen LogP contribution in [0.4, 0.5) is 5.69 Å². The van der Waals surface area contributed by atoms with Crippen molar-refractivity contribution in [1.29, 1.82) is 0 Å². The number of hydrogen-bond acceptors (Lipinski definition) is 5. The Kier molecular flexibility index (Phi) is 6.70. The first-order chi connectivity index (χ1) is 10.7. The largest absolute Gasteiger partial charge is 0.480 e. The Balaban J connectivity index is 2.62. The van der Waals surface area contributed by atoms with Gasteiger partial charge in [-0.25, -0.2) is 8.42 Å². The number of benzene rings is 1. The van der Waals surface area contributed by atoms with E-state index in [0.29, 0.717) is 12.1 Å². The van der Waals surface area contributed by atoms with Gasteiger partial charge in [-0.05, 0) is 30.7 Å². The van der Waals surface area contributed by atoms with Crippen molar-refractivity contribution < 1.29 is 27.9 Å². The van der Waals surface area contributed by atoms with E-state index in [2.05, 4.69) is 10.6 Å². The van der Waals surface area contributed by atoms with Crippen LogP contribution >= 0.6 is 0 Å². The molecule has 23 heavy (non-hydrogen) atoms. The summed E-state index contributed by atoms with van der Waals surface area (Å²) >= 11 is 0. The lowest BCUT2D eigenvalue weighted by molar-refractivity contribution is -0.135. The number of carbonyl (C=O) groups excluding carboxylic acids is 2. The standard InChI is InChI=1S/C14H18N2O6S/c1-2-7-23(21,22)9-12(17)16-11-5-3-10(4-6-11)14(20)15-8-13(18)19/h3-6H,2,7-9H2,1H3,(H,15,20)(H,16,17)(H,18,19). The first kappa shape index (κ1) is 18.6. The van der Waals surface area contributed by atoms with Gasteiger partial charge >= 0.3 is 5.97 Å². The molecule has 0 aliphatic heterocycles. The lowest BCUT2D eigenvalue weighted by Crippen LogP contribution is -2.29. The quantitative estimate of drug-likeness (QED) is 0.621. The highest BCUT2D eigenvalue weighted by Gasteiger charge is 2.15. The molecule has 1 aromatic carbocycles. The highest BCUT2D eigenvalue weighted by molar-refractivity contribution is 7.92. The number of anilines is 1. The number of nitrogens with one attached hydrogen (secondary N) is 2. The van der Waals surface area contributed by atoms with Crippen molar-refractivity contribution >= 4 is 33.3 Å². The number of amides is 2. The third-order valence-corrected chi connectivity index (χ3v) is 4.43. The molecule has 0 heterocycles. The molecule has 8 nitrogen and oxygen atoms in total. The second-order valence-corrected chi connectivity index (χ2v) is 6.98. The molecule has 0 bridgehead atoms. The molecule has 1 aromatic rings. The highest BCUT2D eigenvalue weighted by Crippen LogP contribution is 2.10. The first-order valence-electron chi connectivity index (χ1n) is 6.84. The molecule has 2 amide bonds. The Morgan fingerprint density at radius 3 is 2.26 bits per heavy atom. The Morgan fingerprint density at radius 1 is 1.13 bits per heavy atom. The zero-order valence-corrected chi connectivity index (χ0v) is 13.4. The maximum Gasteiger partial charge on any atom is 0.322 e. The van der Waals surface area contributed by atoms with Crippen molar-refractivity contribution in [2.75, 3.05) is 23.4 Å². The molecule has 0 saturated heterocycles.